The van der Waals surface area contributed by atoms with Crippen molar-refractivity contribution in [3.05, 3.63) is 102 Å². The van der Waals surface area contributed by atoms with E-state index < -0.39 is 0 Å². The Kier molecular flexibility index (Phi) is 3.50. The first-order valence-electron chi connectivity index (χ1n) is 9.18. The van der Waals surface area contributed by atoms with E-state index in [0.717, 1.165) is 6.42 Å². The molecule has 0 aliphatic heterocycles. The van der Waals surface area contributed by atoms with E-state index in [1.807, 2.05) is 0 Å². The summed E-state index contributed by atoms with van der Waals surface area (Å²) in [6.07, 6.45) is 5.59. The van der Waals surface area contributed by atoms with Crippen LogP contribution < -0.4 is 0 Å². The fourth-order valence-electron chi connectivity index (χ4n) is 4.22. The summed E-state index contributed by atoms with van der Waals surface area (Å²) in [5.41, 5.74) is 6.86. The fourth-order valence-corrected chi connectivity index (χ4v) is 4.22. The quantitative estimate of drug-likeness (QED) is 0.336. The van der Waals surface area contributed by atoms with Crippen LogP contribution in [0.15, 0.2) is 96.6 Å². The van der Waals surface area contributed by atoms with E-state index >= 15 is 0 Å². The Morgan fingerprint density at radius 1 is 0.538 bits per heavy atom. The largest absolute Gasteiger partial charge is 0.0689 e. The van der Waals surface area contributed by atoms with Gasteiger partial charge in [-0.3, -0.25) is 0 Å². The molecule has 0 radical (unpaired) electrons. The second-order valence-corrected chi connectivity index (χ2v) is 7.09. The molecule has 1 aliphatic rings. The van der Waals surface area contributed by atoms with Crippen molar-refractivity contribution < 1.29 is 0 Å². The lowest BCUT2D eigenvalue weighted by atomic mass is 9.85. The summed E-state index contributed by atoms with van der Waals surface area (Å²) >= 11 is 0. The van der Waals surface area contributed by atoms with Crippen molar-refractivity contribution in [1.29, 1.82) is 0 Å². The van der Waals surface area contributed by atoms with Crippen LogP contribution in [0.25, 0.3) is 38.2 Å². The van der Waals surface area contributed by atoms with E-state index in [1.54, 1.807) is 0 Å². The summed E-state index contributed by atoms with van der Waals surface area (Å²) in [6, 6.07) is 28.5. The van der Waals surface area contributed by atoms with Gasteiger partial charge in [0.05, 0.1) is 0 Å². The summed E-state index contributed by atoms with van der Waals surface area (Å²) in [6.45, 7) is 2.21. The molecule has 0 saturated carbocycles. The van der Waals surface area contributed by atoms with Gasteiger partial charge in [-0.2, -0.15) is 0 Å². The summed E-state index contributed by atoms with van der Waals surface area (Å²) < 4.78 is 0. The molecule has 124 valence electrons. The molecule has 0 fully saturated rings. The first kappa shape index (κ1) is 15.2. The van der Waals surface area contributed by atoms with Gasteiger partial charge in [-0.05, 0) is 57.2 Å². The van der Waals surface area contributed by atoms with Gasteiger partial charge < -0.3 is 0 Å². The number of hydrogen-bond acceptors (Lipinski definition) is 0. The third kappa shape index (κ3) is 2.30. The van der Waals surface area contributed by atoms with E-state index in [2.05, 4.69) is 97.9 Å². The Bertz CT molecular complexity index is 1130. The third-order valence-corrected chi connectivity index (χ3v) is 5.35. The van der Waals surface area contributed by atoms with Crippen LogP contribution in [0.5, 0.6) is 0 Å². The molecule has 0 aromatic heterocycles. The molecular formula is C26H20. The number of benzene rings is 4. The van der Waals surface area contributed by atoms with Gasteiger partial charge in [0, 0.05) is 0 Å². The molecule has 0 heteroatoms. The third-order valence-electron chi connectivity index (χ3n) is 5.35. The average Bonchev–Trinajstić information content (AvgIpc) is 3.12. The minimum Gasteiger partial charge on any atom is -0.0689 e. The second-order valence-electron chi connectivity index (χ2n) is 7.09. The van der Waals surface area contributed by atoms with Crippen LogP contribution in [-0.4, -0.2) is 0 Å². The highest BCUT2D eigenvalue weighted by atomic mass is 14.2. The topological polar surface area (TPSA) is 0 Å². The predicted molar refractivity (Wildman–Crippen MR) is 113 cm³/mol. The highest BCUT2D eigenvalue weighted by Crippen LogP contribution is 2.43. The van der Waals surface area contributed by atoms with Crippen LogP contribution in [0.4, 0.5) is 0 Å². The lowest BCUT2D eigenvalue weighted by Gasteiger charge is -2.18. The molecule has 1 aliphatic carbocycles. The molecule has 0 atom stereocenters. The Morgan fingerprint density at radius 2 is 1.04 bits per heavy atom. The van der Waals surface area contributed by atoms with Crippen molar-refractivity contribution in [2.45, 2.75) is 13.3 Å². The van der Waals surface area contributed by atoms with Crippen LogP contribution >= 0.6 is 0 Å². The normalized spacial score (nSPS) is 13.9. The van der Waals surface area contributed by atoms with Crippen molar-refractivity contribution in [2.24, 2.45) is 0 Å². The summed E-state index contributed by atoms with van der Waals surface area (Å²) in [7, 11) is 0. The lowest BCUT2D eigenvalue weighted by Crippen LogP contribution is -1.93. The van der Waals surface area contributed by atoms with Gasteiger partial charge in [-0.25, -0.2) is 0 Å². The zero-order valence-corrected chi connectivity index (χ0v) is 14.9. The molecule has 0 bridgehead atoms. The predicted octanol–water partition coefficient (Wildman–Crippen LogP) is 7.39. The number of fused-ring (bicyclic) bond motifs is 2. The number of rotatable bonds is 2. The van der Waals surface area contributed by atoms with Crippen molar-refractivity contribution in [3.8, 4) is 11.1 Å². The second kappa shape index (κ2) is 6.00. The molecule has 0 heterocycles. The highest BCUT2D eigenvalue weighted by Gasteiger charge is 2.18. The van der Waals surface area contributed by atoms with Crippen LogP contribution in [0.2, 0.25) is 0 Å². The van der Waals surface area contributed by atoms with Gasteiger partial charge in [0.1, 0.15) is 0 Å². The van der Waals surface area contributed by atoms with Gasteiger partial charge in [0.15, 0.2) is 0 Å². The minimum atomic E-state index is 1.04. The maximum atomic E-state index is 2.30. The van der Waals surface area contributed by atoms with E-state index in [4.69, 9.17) is 0 Å². The molecule has 0 spiro atoms. The summed E-state index contributed by atoms with van der Waals surface area (Å²) in [5.74, 6) is 0. The SMILES string of the molecule is CC1=CC=C(c2c3ccccc3c(-c3ccccc3)c3ccccc23)C1. The first-order chi connectivity index (χ1) is 12.8. The van der Waals surface area contributed by atoms with Crippen molar-refractivity contribution in [2.75, 3.05) is 0 Å². The van der Waals surface area contributed by atoms with E-state index in [1.165, 1.54) is 49.4 Å². The maximum Gasteiger partial charge on any atom is -0.00264 e. The van der Waals surface area contributed by atoms with E-state index in [-0.39, 0.29) is 0 Å². The molecule has 0 nitrogen and oxygen atoms in total. The molecule has 5 rings (SSSR count). The summed E-state index contributed by atoms with van der Waals surface area (Å²) in [5, 5.41) is 5.36. The van der Waals surface area contributed by atoms with Crippen molar-refractivity contribution in [3.63, 3.8) is 0 Å². The van der Waals surface area contributed by atoms with Crippen LogP contribution in [-0.2, 0) is 0 Å². The van der Waals surface area contributed by atoms with Gasteiger partial charge in [-0.15, -0.1) is 0 Å². The Hall–Kier alpha value is -3.12. The Morgan fingerprint density at radius 3 is 1.54 bits per heavy atom. The van der Waals surface area contributed by atoms with Gasteiger partial charge in [0.25, 0.3) is 0 Å². The van der Waals surface area contributed by atoms with Crippen molar-refractivity contribution in [1.82, 2.24) is 0 Å². The fraction of sp³-hybridized carbons (Fsp3) is 0.0769. The Labute approximate surface area is 154 Å². The monoisotopic (exact) mass is 332 g/mol. The zero-order valence-electron chi connectivity index (χ0n) is 14.9. The Balaban J connectivity index is 1.96. The zero-order chi connectivity index (χ0) is 17.5. The maximum absolute atomic E-state index is 2.30. The average molecular weight is 332 g/mol. The standard InChI is InChI=1S/C26H20/c1-18-15-16-20(17-18)26-23-13-7-5-11-21(23)25(19-9-3-2-4-10-19)22-12-6-8-14-24(22)26/h2-16H,17H2,1H3. The molecule has 4 aromatic carbocycles. The molecule has 0 saturated heterocycles. The lowest BCUT2D eigenvalue weighted by molar-refractivity contribution is 1.27. The molecule has 0 unspecified atom stereocenters. The molecular weight excluding hydrogens is 312 g/mol. The van der Waals surface area contributed by atoms with Crippen LogP contribution in [0, 0.1) is 0 Å². The van der Waals surface area contributed by atoms with Crippen LogP contribution in [0.3, 0.4) is 0 Å². The van der Waals surface area contributed by atoms with Crippen LogP contribution in [0.1, 0.15) is 18.9 Å². The van der Waals surface area contributed by atoms with Gasteiger partial charge in [0.2, 0.25) is 0 Å². The smallest absolute Gasteiger partial charge is 0.00264 e. The number of allylic oxidation sites excluding steroid dienone is 4. The first-order valence-corrected chi connectivity index (χ1v) is 9.18. The van der Waals surface area contributed by atoms with E-state index in [0.29, 0.717) is 0 Å². The van der Waals surface area contributed by atoms with Gasteiger partial charge >= 0.3 is 0 Å². The minimum absolute atomic E-state index is 1.04. The van der Waals surface area contributed by atoms with E-state index in [9.17, 15) is 0 Å². The van der Waals surface area contributed by atoms with Crippen molar-refractivity contribution >= 4 is 27.1 Å². The highest BCUT2D eigenvalue weighted by molar-refractivity contribution is 6.19. The molecule has 26 heavy (non-hydrogen) atoms. The molecule has 0 amide bonds. The number of hydrogen-bond donors (Lipinski definition) is 0. The summed E-state index contributed by atoms with van der Waals surface area (Å²) in [4.78, 5) is 0. The molecule has 4 aromatic rings. The van der Waals surface area contributed by atoms with Gasteiger partial charge in [-0.1, -0.05) is 96.6 Å². The molecule has 0 N–H and O–H groups in total.